The number of ether oxygens (including phenoxy) is 3. The summed E-state index contributed by atoms with van der Waals surface area (Å²) in [6, 6.07) is 0. The lowest BCUT2D eigenvalue weighted by Gasteiger charge is -2.36. The maximum atomic E-state index is 10.1. The first-order valence-corrected chi connectivity index (χ1v) is 9.23. The van der Waals surface area contributed by atoms with E-state index in [1.807, 2.05) is 0 Å². The van der Waals surface area contributed by atoms with Crippen LogP contribution in [0.3, 0.4) is 0 Å². The second kappa shape index (κ2) is 9.30. The van der Waals surface area contributed by atoms with Crippen LogP contribution in [-0.4, -0.2) is 98.9 Å². The maximum absolute atomic E-state index is 10.1. The lowest BCUT2D eigenvalue weighted by molar-refractivity contribution is -0.0299. The Morgan fingerprint density at radius 3 is 2.26 bits per heavy atom. The Hall–Kier alpha value is -0.240. The van der Waals surface area contributed by atoms with E-state index in [0.29, 0.717) is 25.9 Å². The zero-order chi connectivity index (χ0) is 15.9. The molecule has 0 spiro atoms. The number of aliphatic hydroxyl groups is 1. The van der Waals surface area contributed by atoms with Crippen molar-refractivity contribution in [2.24, 2.45) is 0 Å². The van der Waals surface area contributed by atoms with Gasteiger partial charge >= 0.3 is 0 Å². The number of nitrogens with zero attached hydrogens (tertiary/aromatic N) is 2. The van der Waals surface area contributed by atoms with Gasteiger partial charge in [0.15, 0.2) is 0 Å². The summed E-state index contributed by atoms with van der Waals surface area (Å²) in [7, 11) is 0. The van der Waals surface area contributed by atoms with Gasteiger partial charge in [0.1, 0.15) is 0 Å². The zero-order valence-corrected chi connectivity index (χ0v) is 14.2. The summed E-state index contributed by atoms with van der Waals surface area (Å²) in [5.41, 5.74) is 0. The van der Waals surface area contributed by atoms with Crippen molar-refractivity contribution in [3.63, 3.8) is 0 Å². The van der Waals surface area contributed by atoms with Gasteiger partial charge in [0, 0.05) is 52.5 Å². The Kier molecular flexibility index (Phi) is 7.11. The van der Waals surface area contributed by atoms with Gasteiger partial charge in [-0.25, -0.2) is 0 Å². The smallest absolute Gasteiger partial charge is 0.0900 e. The molecule has 3 rings (SSSR count). The Morgan fingerprint density at radius 1 is 0.957 bits per heavy atom. The molecule has 3 heterocycles. The van der Waals surface area contributed by atoms with E-state index in [0.717, 1.165) is 58.8 Å². The van der Waals surface area contributed by atoms with E-state index < -0.39 is 6.10 Å². The van der Waals surface area contributed by atoms with Gasteiger partial charge in [-0.1, -0.05) is 0 Å². The Labute approximate surface area is 139 Å². The monoisotopic (exact) mass is 328 g/mol. The van der Waals surface area contributed by atoms with Crippen LogP contribution in [0.15, 0.2) is 0 Å². The lowest BCUT2D eigenvalue weighted by atomic mass is 10.2. The molecule has 3 aliphatic heterocycles. The van der Waals surface area contributed by atoms with E-state index in [1.54, 1.807) is 0 Å². The molecular weight excluding hydrogens is 296 g/mol. The maximum Gasteiger partial charge on any atom is 0.0900 e. The fraction of sp³-hybridized carbons (Fsp3) is 1.00. The Balaban J connectivity index is 1.24. The number of hydrogen-bond donors (Lipinski definition) is 1. The first kappa shape index (κ1) is 17.6. The van der Waals surface area contributed by atoms with Crippen molar-refractivity contribution in [3.05, 3.63) is 0 Å². The van der Waals surface area contributed by atoms with Crippen molar-refractivity contribution in [2.75, 3.05) is 65.7 Å². The van der Waals surface area contributed by atoms with Crippen molar-refractivity contribution >= 4 is 0 Å². The molecule has 3 atom stereocenters. The summed E-state index contributed by atoms with van der Waals surface area (Å²) < 4.78 is 16.8. The molecule has 0 aromatic heterocycles. The van der Waals surface area contributed by atoms with Crippen LogP contribution in [-0.2, 0) is 14.2 Å². The molecule has 23 heavy (non-hydrogen) atoms. The van der Waals surface area contributed by atoms with Gasteiger partial charge in [-0.3, -0.25) is 9.80 Å². The van der Waals surface area contributed by atoms with Crippen LogP contribution >= 0.6 is 0 Å². The molecular formula is C17H32N2O4. The summed E-state index contributed by atoms with van der Waals surface area (Å²) in [6.07, 6.45) is 4.92. The minimum absolute atomic E-state index is 0.239. The normalized spacial score (nSPS) is 31.7. The van der Waals surface area contributed by atoms with E-state index in [4.69, 9.17) is 14.2 Å². The van der Waals surface area contributed by atoms with Crippen LogP contribution in [0.4, 0.5) is 0 Å². The quantitative estimate of drug-likeness (QED) is 0.693. The fourth-order valence-electron chi connectivity index (χ4n) is 3.69. The molecule has 134 valence electrons. The van der Waals surface area contributed by atoms with Gasteiger partial charge in [0.2, 0.25) is 0 Å². The average molecular weight is 328 g/mol. The molecule has 0 amide bonds. The van der Waals surface area contributed by atoms with Crippen LogP contribution in [0, 0.1) is 0 Å². The second-order valence-corrected chi connectivity index (χ2v) is 7.06. The van der Waals surface area contributed by atoms with Gasteiger partial charge in [0.25, 0.3) is 0 Å². The standard InChI is InChI=1S/C17H32N2O4/c20-15(13-21-14-17-4-2-10-23-17)11-18-5-7-19(8-6-18)12-16-3-1-9-22-16/h15-17,20H,1-14H2. The minimum atomic E-state index is -0.402. The highest BCUT2D eigenvalue weighted by Crippen LogP contribution is 2.15. The van der Waals surface area contributed by atoms with Crippen molar-refractivity contribution in [2.45, 2.75) is 44.0 Å². The van der Waals surface area contributed by atoms with Crippen molar-refractivity contribution in [1.82, 2.24) is 9.80 Å². The predicted octanol–water partition coefficient (Wildman–Crippen LogP) is 0.340. The molecule has 0 bridgehead atoms. The molecule has 3 aliphatic rings. The second-order valence-electron chi connectivity index (χ2n) is 7.06. The number of β-amino-alcohol motifs (C(OH)–C–C–N with tert-alkyl or cyclic N) is 1. The molecule has 3 fully saturated rings. The Morgan fingerprint density at radius 2 is 1.61 bits per heavy atom. The van der Waals surface area contributed by atoms with Gasteiger partial charge in [0.05, 0.1) is 31.5 Å². The zero-order valence-electron chi connectivity index (χ0n) is 14.2. The van der Waals surface area contributed by atoms with Crippen molar-refractivity contribution < 1.29 is 19.3 Å². The number of aliphatic hydroxyl groups excluding tert-OH is 1. The molecule has 6 heteroatoms. The third-order valence-electron chi connectivity index (χ3n) is 5.06. The highest BCUT2D eigenvalue weighted by Gasteiger charge is 2.24. The van der Waals surface area contributed by atoms with Gasteiger partial charge < -0.3 is 19.3 Å². The number of hydrogen-bond acceptors (Lipinski definition) is 6. The SMILES string of the molecule is OC(COCC1CCCO1)CN1CCN(CC2CCCO2)CC1. The van der Waals surface area contributed by atoms with Gasteiger partial charge in [-0.15, -0.1) is 0 Å². The molecule has 0 aromatic rings. The fourth-order valence-corrected chi connectivity index (χ4v) is 3.69. The molecule has 0 saturated carbocycles. The third-order valence-corrected chi connectivity index (χ3v) is 5.06. The van der Waals surface area contributed by atoms with Crippen LogP contribution in [0.5, 0.6) is 0 Å². The molecule has 3 unspecified atom stereocenters. The van der Waals surface area contributed by atoms with Gasteiger partial charge in [-0.05, 0) is 25.7 Å². The van der Waals surface area contributed by atoms with E-state index >= 15 is 0 Å². The topological polar surface area (TPSA) is 54.4 Å². The summed E-state index contributed by atoms with van der Waals surface area (Å²) >= 11 is 0. The van der Waals surface area contributed by atoms with Gasteiger partial charge in [-0.2, -0.15) is 0 Å². The van der Waals surface area contributed by atoms with Crippen LogP contribution in [0.1, 0.15) is 25.7 Å². The van der Waals surface area contributed by atoms with Crippen molar-refractivity contribution in [3.8, 4) is 0 Å². The summed E-state index contributed by atoms with van der Waals surface area (Å²) in [5.74, 6) is 0. The van der Waals surface area contributed by atoms with E-state index in [1.165, 1.54) is 12.8 Å². The predicted molar refractivity (Wildman–Crippen MR) is 87.7 cm³/mol. The minimum Gasteiger partial charge on any atom is -0.389 e. The first-order chi connectivity index (χ1) is 11.3. The van der Waals surface area contributed by atoms with Crippen molar-refractivity contribution in [1.29, 1.82) is 0 Å². The number of rotatable bonds is 8. The number of piperazine rings is 1. The molecule has 3 saturated heterocycles. The van der Waals surface area contributed by atoms with Crippen LogP contribution in [0.2, 0.25) is 0 Å². The highest BCUT2D eigenvalue weighted by molar-refractivity contribution is 4.78. The van der Waals surface area contributed by atoms with Crippen LogP contribution in [0.25, 0.3) is 0 Å². The molecule has 0 aromatic carbocycles. The average Bonchev–Trinajstić information content (AvgIpc) is 3.23. The van der Waals surface area contributed by atoms with E-state index in [2.05, 4.69) is 9.80 Å². The largest absolute Gasteiger partial charge is 0.389 e. The molecule has 0 aliphatic carbocycles. The highest BCUT2D eigenvalue weighted by atomic mass is 16.5. The lowest BCUT2D eigenvalue weighted by Crippen LogP contribution is -2.50. The van der Waals surface area contributed by atoms with Crippen LogP contribution < -0.4 is 0 Å². The third kappa shape index (κ3) is 5.96. The van der Waals surface area contributed by atoms with E-state index in [9.17, 15) is 5.11 Å². The molecule has 6 nitrogen and oxygen atoms in total. The van der Waals surface area contributed by atoms with E-state index in [-0.39, 0.29) is 6.10 Å². The summed E-state index contributed by atoms with van der Waals surface area (Å²) in [5, 5.41) is 10.1. The molecule has 1 N–H and O–H groups in total. The summed E-state index contributed by atoms with van der Waals surface area (Å²) in [4.78, 5) is 4.83. The first-order valence-electron chi connectivity index (χ1n) is 9.23. The summed E-state index contributed by atoms with van der Waals surface area (Å²) in [6.45, 7) is 8.79. The molecule has 0 radical (unpaired) electrons. The Bertz CT molecular complexity index is 325.